The number of benzene rings is 3. The minimum Gasteiger partial charge on any atom is -0.507 e. The van der Waals surface area contributed by atoms with E-state index in [4.69, 9.17) is 14.0 Å². The van der Waals surface area contributed by atoms with Crippen LogP contribution in [0.15, 0.2) is 59.5 Å². The van der Waals surface area contributed by atoms with Crippen molar-refractivity contribution in [1.82, 2.24) is 0 Å². The second-order valence-electron chi connectivity index (χ2n) is 6.35. The lowest BCUT2D eigenvalue weighted by atomic mass is 10.0. The Hall–Kier alpha value is -2.39. The first-order valence-corrected chi connectivity index (χ1v) is 12.3. The van der Waals surface area contributed by atoms with Crippen molar-refractivity contribution in [3.63, 3.8) is 0 Å². The van der Waals surface area contributed by atoms with Crippen LogP contribution in [0.2, 0.25) is 0 Å². The highest BCUT2D eigenvalue weighted by Gasteiger charge is 2.24. The summed E-state index contributed by atoms with van der Waals surface area (Å²) in [5.74, 6) is -1.73. The molecular formula is C21H14I2O8S. The van der Waals surface area contributed by atoms with Gasteiger partial charge in [0.1, 0.15) is 22.0 Å². The monoisotopic (exact) mass is 680 g/mol. The zero-order valence-electron chi connectivity index (χ0n) is 16.2. The van der Waals surface area contributed by atoms with Crippen LogP contribution in [-0.2, 0) is 10.1 Å². The molecule has 8 nitrogen and oxygen atoms in total. The van der Waals surface area contributed by atoms with Crippen LogP contribution in [0.3, 0.4) is 0 Å². The van der Waals surface area contributed by atoms with Crippen LogP contribution >= 0.6 is 45.2 Å². The molecule has 0 amide bonds. The van der Waals surface area contributed by atoms with Crippen molar-refractivity contribution >= 4 is 67.1 Å². The van der Waals surface area contributed by atoms with Gasteiger partial charge in [0, 0.05) is 17.2 Å². The molecule has 0 unspecified atom stereocenters. The molecule has 0 aromatic heterocycles. The number of hydrogen-bond donors (Lipinski definition) is 2. The molecule has 0 fully saturated rings. The molecule has 0 aliphatic carbocycles. The molecule has 0 radical (unpaired) electrons. The summed E-state index contributed by atoms with van der Waals surface area (Å²) < 4.78 is 36.4. The number of ether oxygens (including phenoxy) is 1. The van der Waals surface area contributed by atoms with Crippen LogP contribution in [0.1, 0.15) is 26.3 Å². The van der Waals surface area contributed by atoms with E-state index >= 15 is 0 Å². The highest BCUT2D eigenvalue weighted by molar-refractivity contribution is 14.1. The SMILES string of the molecule is COc1ccc(C(=O)c2cc(I)c(OS(=O)(=O)c3ccc(C(=O)O)c(O)c3)c(I)c2)cc1. The summed E-state index contributed by atoms with van der Waals surface area (Å²) in [4.78, 5) is 23.4. The van der Waals surface area contributed by atoms with Gasteiger partial charge in [-0.1, -0.05) is 0 Å². The fourth-order valence-corrected chi connectivity index (χ4v) is 5.96. The first kappa shape index (κ1) is 24.3. The Morgan fingerprint density at radius 3 is 2.00 bits per heavy atom. The van der Waals surface area contributed by atoms with Gasteiger partial charge in [0.2, 0.25) is 0 Å². The van der Waals surface area contributed by atoms with Crippen molar-refractivity contribution in [3.05, 3.63) is 78.4 Å². The zero-order valence-corrected chi connectivity index (χ0v) is 21.3. The van der Waals surface area contributed by atoms with Crippen molar-refractivity contribution in [3.8, 4) is 17.2 Å². The first-order chi connectivity index (χ1) is 15.0. The number of methoxy groups -OCH3 is 1. The van der Waals surface area contributed by atoms with Gasteiger partial charge < -0.3 is 19.1 Å². The molecule has 32 heavy (non-hydrogen) atoms. The van der Waals surface area contributed by atoms with Crippen LogP contribution in [0.5, 0.6) is 17.2 Å². The average Bonchev–Trinajstić information content (AvgIpc) is 2.75. The molecule has 166 valence electrons. The van der Waals surface area contributed by atoms with E-state index in [1.165, 1.54) is 19.2 Å². The van der Waals surface area contributed by atoms with Gasteiger partial charge in [-0.3, -0.25) is 4.79 Å². The smallest absolute Gasteiger partial charge is 0.339 e. The lowest BCUT2D eigenvalue weighted by Crippen LogP contribution is -2.13. The maximum atomic E-state index is 12.8. The Bertz CT molecular complexity index is 1300. The highest BCUT2D eigenvalue weighted by atomic mass is 127. The summed E-state index contributed by atoms with van der Waals surface area (Å²) in [6.07, 6.45) is 0. The molecule has 0 heterocycles. The van der Waals surface area contributed by atoms with E-state index in [9.17, 15) is 23.1 Å². The molecule has 0 saturated heterocycles. The summed E-state index contributed by atoms with van der Waals surface area (Å²) in [5.41, 5.74) is 0.347. The molecular weight excluding hydrogens is 666 g/mol. The number of carbonyl (C=O) groups is 2. The number of hydrogen-bond acceptors (Lipinski definition) is 7. The van der Waals surface area contributed by atoms with Gasteiger partial charge in [0.05, 0.1) is 14.3 Å². The summed E-state index contributed by atoms with van der Waals surface area (Å²) in [7, 11) is -2.85. The number of aromatic hydroxyl groups is 1. The average molecular weight is 680 g/mol. The quantitative estimate of drug-likeness (QED) is 0.215. The van der Waals surface area contributed by atoms with Crippen molar-refractivity contribution in [2.24, 2.45) is 0 Å². The minimum absolute atomic E-state index is 0.0132. The molecule has 0 aliphatic rings. The number of carboxylic acid groups (broad SMARTS) is 1. The maximum Gasteiger partial charge on any atom is 0.339 e. The number of carbonyl (C=O) groups excluding carboxylic acids is 1. The van der Waals surface area contributed by atoms with Crippen LogP contribution in [0, 0.1) is 7.14 Å². The van der Waals surface area contributed by atoms with Crippen molar-refractivity contribution in [2.75, 3.05) is 7.11 Å². The van der Waals surface area contributed by atoms with Gasteiger partial charge in [-0.05, 0) is 93.7 Å². The number of ketones is 1. The third kappa shape index (κ3) is 5.15. The van der Waals surface area contributed by atoms with Crippen LogP contribution in [0.4, 0.5) is 0 Å². The fourth-order valence-electron chi connectivity index (χ4n) is 2.69. The number of aromatic carboxylic acids is 1. The molecule has 2 N–H and O–H groups in total. The Balaban J connectivity index is 1.91. The van der Waals surface area contributed by atoms with E-state index in [1.807, 2.05) is 45.2 Å². The predicted octanol–water partition coefficient (Wildman–Crippen LogP) is 4.31. The summed E-state index contributed by atoms with van der Waals surface area (Å²) >= 11 is 3.72. The number of rotatable bonds is 7. The molecule has 0 aliphatic heterocycles. The fraction of sp³-hybridized carbons (Fsp3) is 0.0476. The summed E-state index contributed by atoms with van der Waals surface area (Å²) in [5, 5.41) is 18.8. The lowest BCUT2D eigenvalue weighted by Gasteiger charge is -2.13. The molecule has 3 rings (SSSR count). The Morgan fingerprint density at radius 2 is 1.50 bits per heavy atom. The van der Waals surface area contributed by atoms with Gasteiger partial charge in [-0.15, -0.1) is 0 Å². The van der Waals surface area contributed by atoms with Gasteiger partial charge in [0.15, 0.2) is 11.5 Å². The molecule has 11 heteroatoms. The number of halogens is 2. The molecule has 0 saturated carbocycles. The van der Waals surface area contributed by atoms with Crippen molar-refractivity contribution in [2.45, 2.75) is 4.90 Å². The third-order valence-corrected chi connectivity index (χ3v) is 7.11. The van der Waals surface area contributed by atoms with E-state index in [0.717, 1.165) is 18.2 Å². The summed E-state index contributed by atoms with van der Waals surface area (Å²) in [6.45, 7) is 0. The van der Waals surface area contributed by atoms with Crippen LogP contribution in [0.25, 0.3) is 0 Å². The first-order valence-electron chi connectivity index (χ1n) is 8.72. The Kier molecular flexibility index (Phi) is 7.29. The second-order valence-corrected chi connectivity index (χ2v) is 10.2. The van der Waals surface area contributed by atoms with Gasteiger partial charge in [-0.25, -0.2) is 4.79 Å². The molecule has 0 bridgehead atoms. The highest BCUT2D eigenvalue weighted by Crippen LogP contribution is 2.33. The Labute approximate surface area is 210 Å². The van der Waals surface area contributed by atoms with E-state index in [-0.39, 0.29) is 11.5 Å². The van der Waals surface area contributed by atoms with Crippen LogP contribution < -0.4 is 8.92 Å². The van der Waals surface area contributed by atoms with Gasteiger partial charge >= 0.3 is 16.1 Å². The van der Waals surface area contributed by atoms with Crippen molar-refractivity contribution in [1.29, 1.82) is 0 Å². The zero-order chi connectivity index (χ0) is 23.6. The summed E-state index contributed by atoms with van der Waals surface area (Å²) in [6, 6.07) is 12.4. The molecule has 0 spiro atoms. The Morgan fingerprint density at radius 1 is 0.906 bits per heavy atom. The van der Waals surface area contributed by atoms with E-state index < -0.39 is 32.3 Å². The minimum atomic E-state index is -4.38. The van der Waals surface area contributed by atoms with E-state index in [0.29, 0.717) is 24.0 Å². The molecule has 0 atom stereocenters. The second kappa shape index (κ2) is 9.62. The molecule has 3 aromatic rings. The standard InChI is InChI=1S/C21H14I2O8S/c1-30-13-4-2-11(3-5-13)19(25)12-8-16(22)20(17(23)9-12)31-32(28,29)14-6-7-15(21(26)27)18(24)10-14/h2-10,24H,1H3,(H,26,27). The van der Waals surface area contributed by atoms with E-state index in [1.54, 1.807) is 24.3 Å². The number of phenols is 1. The third-order valence-electron chi connectivity index (χ3n) is 4.29. The molecule has 3 aromatic carbocycles. The van der Waals surface area contributed by atoms with Gasteiger partial charge in [-0.2, -0.15) is 8.42 Å². The van der Waals surface area contributed by atoms with Crippen LogP contribution in [-0.4, -0.2) is 37.5 Å². The topological polar surface area (TPSA) is 127 Å². The predicted molar refractivity (Wildman–Crippen MR) is 131 cm³/mol. The van der Waals surface area contributed by atoms with Crippen molar-refractivity contribution < 1.29 is 37.1 Å². The van der Waals surface area contributed by atoms with E-state index in [2.05, 4.69) is 0 Å². The maximum absolute atomic E-state index is 12.8. The lowest BCUT2D eigenvalue weighted by molar-refractivity contribution is 0.0693. The largest absolute Gasteiger partial charge is 0.507 e. The van der Waals surface area contributed by atoms with Gasteiger partial charge in [0.25, 0.3) is 0 Å². The normalized spacial score (nSPS) is 11.1. The number of carboxylic acids is 1.